The summed E-state index contributed by atoms with van der Waals surface area (Å²) in [4.78, 5) is 4.38. The Morgan fingerprint density at radius 2 is 2.00 bits per heavy atom. The highest BCUT2D eigenvalue weighted by Gasteiger charge is 2.21. The molecule has 3 aromatic rings. The predicted molar refractivity (Wildman–Crippen MR) is 82.4 cm³/mol. The van der Waals surface area contributed by atoms with Crippen LogP contribution in [0.2, 0.25) is 0 Å². The van der Waals surface area contributed by atoms with Crippen molar-refractivity contribution in [3.8, 4) is 11.1 Å². The van der Waals surface area contributed by atoms with Gasteiger partial charge in [-0.2, -0.15) is 0 Å². The lowest BCUT2D eigenvalue weighted by Crippen LogP contribution is -2.04. The summed E-state index contributed by atoms with van der Waals surface area (Å²) in [7, 11) is 0. The second-order valence-corrected chi connectivity index (χ2v) is 5.43. The van der Waals surface area contributed by atoms with Gasteiger partial charge in [-0.05, 0) is 53.3 Å². The number of aromatic nitrogens is 1. The lowest BCUT2D eigenvalue weighted by molar-refractivity contribution is 0.713. The number of hydrogen-bond acceptors (Lipinski definition) is 2. The first-order valence-electron chi connectivity index (χ1n) is 7.05. The average molecular weight is 260 g/mol. The smallest absolute Gasteiger partial charge is 0.0702 e. The van der Waals surface area contributed by atoms with Gasteiger partial charge in [0.25, 0.3) is 0 Å². The van der Waals surface area contributed by atoms with Crippen molar-refractivity contribution in [1.29, 1.82) is 0 Å². The van der Waals surface area contributed by atoms with E-state index in [1.807, 2.05) is 12.3 Å². The minimum atomic E-state index is 0.201. The van der Waals surface area contributed by atoms with E-state index in [1.54, 1.807) is 0 Å². The number of nitrogens with two attached hydrogens (primary N) is 1. The Labute approximate surface area is 118 Å². The Hall–Kier alpha value is -2.19. The van der Waals surface area contributed by atoms with Crippen LogP contribution in [0.1, 0.15) is 23.6 Å². The Morgan fingerprint density at radius 3 is 2.95 bits per heavy atom. The van der Waals surface area contributed by atoms with Crippen LogP contribution in [0.5, 0.6) is 0 Å². The normalized spacial score (nSPS) is 17.4. The second-order valence-electron chi connectivity index (χ2n) is 5.43. The zero-order valence-corrected chi connectivity index (χ0v) is 11.2. The fourth-order valence-corrected chi connectivity index (χ4v) is 3.20. The molecule has 20 heavy (non-hydrogen) atoms. The summed E-state index contributed by atoms with van der Waals surface area (Å²) in [6.45, 7) is 0. The van der Waals surface area contributed by atoms with Crippen LogP contribution in [0.25, 0.3) is 22.0 Å². The molecule has 1 aliphatic rings. The van der Waals surface area contributed by atoms with Gasteiger partial charge in [0.2, 0.25) is 0 Å². The van der Waals surface area contributed by atoms with Crippen LogP contribution in [0.4, 0.5) is 0 Å². The summed E-state index contributed by atoms with van der Waals surface area (Å²) in [6.07, 6.45) is 3.97. The molecule has 1 heterocycles. The van der Waals surface area contributed by atoms with Crippen LogP contribution in [0.15, 0.2) is 54.7 Å². The van der Waals surface area contributed by atoms with Crippen LogP contribution in [0.3, 0.4) is 0 Å². The van der Waals surface area contributed by atoms with Crippen molar-refractivity contribution in [2.24, 2.45) is 5.73 Å². The van der Waals surface area contributed by atoms with E-state index >= 15 is 0 Å². The van der Waals surface area contributed by atoms with Gasteiger partial charge in [0, 0.05) is 17.6 Å². The van der Waals surface area contributed by atoms with Crippen molar-refractivity contribution in [3.05, 3.63) is 65.9 Å². The van der Waals surface area contributed by atoms with Crippen LogP contribution >= 0.6 is 0 Å². The molecule has 0 aliphatic heterocycles. The Morgan fingerprint density at radius 1 is 1.05 bits per heavy atom. The second kappa shape index (κ2) is 4.43. The first-order valence-corrected chi connectivity index (χ1v) is 7.05. The highest BCUT2D eigenvalue weighted by molar-refractivity contribution is 5.85. The first kappa shape index (κ1) is 11.6. The van der Waals surface area contributed by atoms with Gasteiger partial charge in [-0.3, -0.25) is 4.98 Å². The summed E-state index contributed by atoms with van der Waals surface area (Å²) in [6, 6.07) is 17.3. The third-order valence-corrected chi connectivity index (χ3v) is 4.23. The molecule has 98 valence electrons. The van der Waals surface area contributed by atoms with E-state index in [0.29, 0.717) is 0 Å². The molecule has 0 radical (unpaired) electrons. The summed E-state index contributed by atoms with van der Waals surface area (Å²) in [5.41, 5.74) is 12.5. The van der Waals surface area contributed by atoms with Gasteiger partial charge in [-0.25, -0.2) is 0 Å². The number of nitrogens with zero attached hydrogens (tertiary/aromatic N) is 1. The molecular formula is C18H16N2. The summed E-state index contributed by atoms with van der Waals surface area (Å²) in [5.74, 6) is 0. The van der Waals surface area contributed by atoms with E-state index in [1.165, 1.54) is 27.6 Å². The maximum absolute atomic E-state index is 6.17. The largest absolute Gasteiger partial charge is 0.324 e. The molecule has 1 atom stereocenters. The van der Waals surface area contributed by atoms with Crippen molar-refractivity contribution >= 4 is 10.9 Å². The first-order chi connectivity index (χ1) is 9.83. The maximum atomic E-state index is 6.17. The van der Waals surface area contributed by atoms with Crippen molar-refractivity contribution in [1.82, 2.24) is 4.98 Å². The van der Waals surface area contributed by atoms with Crippen molar-refractivity contribution in [2.75, 3.05) is 0 Å². The van der Waals surface area contributed by atoms with Crippen LogP contribution in [-0.4, -0.2) is 4.98 Å². The lowest BCUT2D eigenvalue weighted by Gasteiger charge is -2.10. The molecule has 0 saturated carbocycles. The van der Waals surface area contributed by atoms with Crippen LogP contribution in [-0.2, 0) is 6.42 Å². The number of fused-ring (bicyclic) bond motifs is 2. The molecule has 2 nitrogen and oxygen atoms in total. The molecule has 1 aromatic heterocycles. The summed E-state index contributed by atoms with van der Waals surface area (Å²) >= 11 is 0. The average Bonchev–Trinajstić information content (AvgIpc) is 2.88. The molecule has 1 aliphatic carbocycles. The zero-order valence-electron chi connectivity index (χ0n) is 11.2. The monoisotopic (exact) mass is 260 g/mol. The summed E-state index contributed by atoms with van der Waals surface area (Å²) in [5, 5.41) is 1.19. The zero-order chi connectivity index (χ0) is 13.5. The van der Waals surface area contributed by atoms with Gasteiger partial charge in [0.05, 0.1) is 5.52 Å². The van der Waals surface area contributed by atoms with Gasteiger partial charge >= 0.3 is 0 Å². The quantitative estimate of drug-likeness (QED) is 0.721. The molecule has 0 spiro atoms. The van der Waals surface area contributed by atoms with E-state index < -0.39 is 0 Å². The number of pyridine rings is 1. The molecule has 0 bridgehead atoms. The third kappa shape index (κ3) is 1.73. The molecular weight excluding hydrogens is 244 g/mol. The van der Waals surface area contributed by atoms with Crippen LogP contribution in [0, 0.1) is 0 Å². The molecule has 2 N–H and O–H groups in total. The Balaban J connectivity index is 1.92. The Kier molecular flexibility index (Phi) is 2.57. The number of rotatable bonds is 1. The minimum Gasteiger partial charge on any atom is -0.324 e. The standard InChI is InChI=1S/C18H16N2/c19-17-8-7-15-14(4-1-5-16(15)17)12-6-9-18-13(11-12)3-2-10-20-18/h1-6,9-11,17H,7-8,19H2. The number of hydrogen-bond donors (Lipinski definition) is 1. The van der Waals surface area contributed by atoms with Crippen molar-refractivity contribution < 1.29 is 0 Å². The topological polar surface area (TPSA) is 38.9 Å². The van der Waals surface area contributed by atoms with E-state index in [4.69, 9.17) is 5.73 Å². The third-order valence-electron chi connectivity index (χ3n) is 4.23. The minimum absolute atomic E-state index is 0.201. The fraction of sp³-hybridized carbons (Fsp3) is 0.167. The van der Waals surface area contributed by atoms with Crippen LogP contribution < -0.4 is 5.73 Å². The van der Waals surface area contributed by atoms with E-state index in [2.05, 4.69) is 47.4 Å². The molecule has 0 amide bonds. The van der Waals surface area contributed by atoms with E-state index in [0.717, 1.165) is 18.4 Å². The predicted octanol–water partition coefficient (Wildman–Crippen LogP) is 3.85. The maximum Gasteiger partial charge on any atom is 0.0702 e. The lowest BCUT2D eigenvalue weighted by atomic mass is 9.95. The molecule has 0 fully saturated rings. The highest BCUT2D eigenvalue weighted by Crippen LogP contribution is 2.37. The van der Waals surface area contributed by atoms with Crippen molar-refractivity contribution in [2.45, 2.75) is 18.9 Å². The highest BCUT2D eigenvalue weighted by atomic mass is 14.6. The van der Waals surface area contributed by atoms with Gasteiger partial charge in [-0.1, -0.05) is 30.3 Å². The van der Waals surface area contributed by atoms with Gasteiger partial charge in [0.1, 0.15) is 0 Å². The van der Waals surface area contributed by atoms with E-state index in [-0.39, 0.29) is 6.04 Å². The molecule has 1 unspecified atom stereocenters. The van der Waals surface area contributed by atoms with Gasteiger partial charge in [0.15, 0.2) is 0 Å². The fourth-order valence-electron chi connectivity index (χ4n) is 3.20. The van der Waals surface area contributed by atoms with Gasteiger partial charge in [-0.15, -0.1) is 0 Å². The van der Waals surface area contributed by atoms with Crippen molar-refractivity contribution in [3.63, 3.8) is 0 Å². The number of benzene rings is 2. The van der Waals surface area contributed by atoms with Gasteiger partial charge < -0.3 is 5.73 Å². The Bertz CT molecular complexity index is 792. The molecule has 2 aromatic carbocycles. The molecule has 2 heteroatoms. The van der Waals surface area contributed by atoms with E-state index in [9.17, 15) is 0 Å². The SMILES string of the molecule is NC1CCc2c(-c3ccc4ncccc4c3)cccc21. The molecule has 0 saturated heterocycles. The summed E-state index contributed by atoms with van der Waals surface area (Å²) < 4.78 is 0. The molecule has 4 rings (SSSR count).